The largest absolute Gasteiger partial charge is 0.389 e. The molecule has 122 valence electrons. The molecule has 0 amide bonds. The molecule has 0 radical (unpaired) electrons. The second-order valence-electron chi connectivity index (χ2n) is 5.91. The van der Waals surface area contributed by atoms with E-state index in [2.05, 4.69) is 60.2 Å². The van der Waals surface area contributed by atoms with E-state index in [0.717, 1.165) is 25.1 Å². The Morgan fingerprint density at radius 3 is 2.96 bits per heavy atom. The van der Waals surface area contributed by atoms with Gasteiger partial charge in [0, 0.05) is 12.1 Å². The first-order valence-electron chi connectivity index (χ1n) is 8.27. The molecule has 0 aromatic heterocycles. The summed E-state index contributed by atoms with van der Waals surface area (Å²) in [6, 6.07) is 12.7. The van der Waals surface area contributed by atoms with E-state index in [-0.39, 0.29) is 6.61 Å². The van der Waals surface area contributed by atoms with Crippen LogP contribution in [0, 0.1) is 0 Å². The fraction of sp³-hybridized carbons (Fsp3) is 0.368. The fourth-order valence-electron chi connectivity index (χ4n) is 2.94. The highest BCUT2D eigenvalue weighted by Gasteiger charge is 2.16. The number of hydrogen-bond donors (Lipinski definition) is 3. The van der Waals surface area contributed by atoms with Crippen LogP contribution in [0.2, 0.25) is 0 Å². The Bertz CT molecular complexity index is 697. The summed E-state index contributed by atoms with van der Waals surface area (Å²) in [6.45, 7) is 3.83. The minimum atomic E-state index is -0.507. The maximum atomic E-state index is 9.84. The number of rotatable bonds is 8. The maximum Gasteiger partial charge on any atom is 0.102 e. The molecule has 1 aliphatic rings. The molecule has 2 aromatic carbocycles. The van der Waals surface area contributed by atoms with E-state index in [1.54, 1.807) is 0 Å². The number of aliphatic hydroxyl groups excluding tert-OH is 1. The van der Waals surface area contributed by atoms with Gasteiger partial charge in [-0.25, -0.2) is 0 Å². The average Bonchev–Trinajstić information content (AvgIpc) is 2.99. The van der Waals surface area contributed by atoms with E-state index in [4.69, 9.17) is 4.84 Å². The Hall–Kier alpha value is -1.88. The van der Waals surface area contributed by atoms with Crippen molar-refractivity contribution in [1.82, 2.24) is 10.8 Å². The Labute approximate surface area is 137 Å². The molecule has 0 spiro atoms. The molecule has 0 saturated heterocycles. The van der Waals surface area contributed by atoms with Gasteiger partial charge < -0.3 is 10.4 Å². The lowest BCUT2D eigenvalue weighted by Crippen LogP contribution is -2.32. The van der Waals surface area contributed by atoms with Crippen LogP contribution in [0.25, 0.3) is 16.5 Å². The maximum absolute atomic E-state index is 9.84. The van der Waals surface area contributed by atoms with Gasteiger partial charge in [0.1, 0.15) is 6.61 Å². The summed E-state index contributed by atoms with van der Waals surface area (Å²) in [4.78, 5) is 5.47. The van der Waals surface area contributed by atoms with Crippen molar-refractivity contribution in [1.29, 1.82) is 0 Å². The van der Waals surface area contributed by atoms with Crippen molar-refractivity contribution in [2.24, 2.45) is 0 Å². The Kier molecular flexibility index (Phi) is 5.28. The van der Waals surface area contributed by atoms with Gasteiger partial charge in [0.15, 0.2) is 0 Å². The Morgan fingerprint density at radius 1 is 1.22 bits per heavy atom. The van der Waals surface area contributed by atoms with E-state index in [1.165, 1.54) is 21.9 Å². The molecule has 3 N–H and O–H groups in total. The van der Waals surface area contributed by atoms with E-state index in [0.29, 0.717) is 6.54 Å². The van der Waals surface area contributed by atoms with Crippen molar-refractivity contribution in [3.05, 3.63) is 53.6 Å². The van der Waals surface area contributed by atoms with Crippen LogP contribution in [0.15, 0.2) is 42.5 Å². The zero-order valence-corrected chi connectivity index (χ0v) is 13.5. The fourth-order valence-corrected chi connectivity index (χ4v) is 2.94. The first kappa shape index (κ1) is 16.0. The monoisotopic (exact) mass is 312 g/mol. The third-order valence-corrected chi connectivity index (χ3v) is 4.11. The summed E-state index contributed by atoms with van der Waals surface area (Å²) < 4.78 is 0. The molecule has 0 fully saturated rings. The van der Waals surface area contributed by atoms with Gasteiger partial charge in [0.05, 0.1) is 11.8 Å². The third kappa shape index (κ3) is 3.72. The van der Waals surface area contributed by atoms with Crippen LogP contribution in [0.5, 0.6) is 0 Å². The van der Waals surface area contributed by atoms with Gasteiger partial charge in [-0.15, -0.1) is 0 Å². The zero-order chi connectivity index (χ0) is 16.1. The molecule has 4 heteroatoms. The first-order valence-corrected chi connectivity index (χ1v) is 8.27. The second kappa shape index (κ2) is 7.59. The highest BCUT2D eigenvalue weighted by molar-refractivity contribution is 5.92. The predicted octanol–water partition coefficient (Wildman–Crippen LogP) is 2.62. The van der Waals surface area contributed by atoms with Crippen molar-refractivity contribution in [3.63, 3.8) is 0 Å². The molecule has 0 bridgehead atoms. The van der Waals surface area contributed by atoms with Gasteiger partial charge in [-0.3, -0.25) is 10.3 Å². The van der Waals surface area contributed by atoms with E-state index >= 15 is 0 Å². The van der Waals surface area contributed by atoms with Crippen LogP contribution in [0.4, 0.5) is 0 Å². The molecule has 0 heterocycles. The average molecular weight is 312 g/mol. The molecule has 0 saturated carbocycles. The van der Waals surface area contributed by atoms with Crippen LogP contribution in [0.1, 0.15) is 24.5 Å². The SMILES string of the molecule is CCCNCC(O)CONC1=CCc2c1ccc1ccccc21. The smallest absolute Gasteiger partial charge is 0.102 e. The summed E-state index contributed by atoms with van der Waals surface area (Å²) in [5.41, 5.74) is 6.50. The zero-order valence-electron chi connectivity index (χ0n) is 13.5. The molecular weight excluding hydrogens is 288 g/mol. The van der Waals surface area contributed by atoms with Gasteiger partial charge in [-0.05, 0) is 35.7 Å². The van der Waals surface area contributed by atoms with Gasteiger partial charge in [0.25, 0.3) is 0 Å². The van der Waals surface area contributed by atoms with E-state index < -0.39 is 6.10 Å². The summed E-state index contributed by atoms with van der Waals surface area (Å²) in [5, 5.41) is 15.6. The highest BCUT2D eigenvalue weighted by atomic mass is 16.6. The van der Waals surface area contributed by atoms with Gasteiger partial charge >= 0.3 is 0 Å². The Morgan fingerprint density at radius 2 is 2.09 bits per heavy atom. The minimum absolute atomic E-state index is 0.261. The number of aliphatic hydroxyl groups is 1. The quantitative estimate of drug-likeness (QED) is 0.518. The van der Waals surface area contributed by atoms with Crippen molar-refractivity contribution in [2.75, 3.05) is 19.7 Å². The van der Waals surface area contributed by atoms with Crippen molar-refractivity contribution in [3.8, 4) is 0 Å². The lowest BCUT2D eigenvalue weighted by Gasteiger charge is -2.14. The lowest BCUT2D eigenvalue weighted by atomic mass is 10.00. The number of hydroxylamine groups is 1. The lowest BCUT2D eigenvalue weighted by molar-refractivity contribution is 0.00436. The minimum Gasteiger partial charge on any atom is -0.389 e. The van der Waals surface area contributed by atoms with Crippen LogP contribution in [-0.4, -0.2) is 30.9 Å². The number of nitrogens with one attached hydrogen (secondary N) is 2. The number of hydrogen-bond acceptors (Lipinski definition) is 4. The van der Waals surface area contributed by atoms with E-state index in [1.807, 2.05) is 0 Å². The first-order chi connectivity index (χ1) is 11.3. The van der Waals surface area contributed by atoms with Crippen molar-refractivity contribution in [2.45, 2.75) is 25.9 Å². The highest BCUT2D eigenvalue weighted by Crippen LogP contribution is 2.31. The van der Waals surface area contributed by atoms with Crippen molar-refractivity contribution < 1.29 is 9.94 Å². The number of allylic oxidation sites excluding steroid dienone is 1. The standard InChI is InChI=1S/C19H24N2O2/c1-2-11-20-12-15(22)13-23-21-19-10-9-17-16-6-4-3-5-14(16)7-8-18(17)19/h3-8,10,15,20-22H,2,9,11-13H2,1H3. The molecule has 1 aliphatic carbocycles. The summed E-state index contributed by atoms with van der Waals surface area (Å²) >= 11 is 0. The molecule has 4 nitrogen and oxygen atoms in total. The predicted molar refractivity (Wildman–Crippen MR) is 93.9 cm³/mol. The summed E-state index contributed by atoms with van der Waals surface area (Å²) in [6.07, 6.45) is 3.60. The van der Waals surface area contributed by atoms with Crippen LogP contribution < -0.4 is 10.8 Å². The molecule has 1 atom stereocenters. The number of benzene rings is 2. The normalized spacial score (nSPS) is 14.6. The molecule has 2 aromatic rings. The van der Waals surface area contributed by atoms with E-state index in [9.17, 15) is 5.11 Å². The van der Waals surface area contributed by atoms with Crippen LogP contribution in [0.3, 0.4) is 0 Å². The molecule has 3 rings (SSSR count). The van der Waals surface area contributed by atoms with Crippen molar-refractivity contribution >= 4 is 16.5 Å². The topological polar surface area (TPSA) is 53.5 Å². The van der Waals surface area contributed by atoms with Crippen LogP contribution >= 0.6 is 0 Å². The molecule has 0 aliphatic heterocycles. The molecular formula is C19H24N2O2. The summed E-state index contributed by atoms with van der Waals surface area (Å²) in [5.74, 6) is 0. The van der Waals surface area contributed by atoms with Gasteiger partial charge in [0.2, 0.25) is 0 Å². The van der Waals surface area contributed by atoms with Gasteiger partial charge in [-0.2, -0.15) is 0 Å². The Balaban J connectivity index is 1.57. The third-order valence-electron chi connectivity index (χ3n) is 4.11. The molecule has 23 heavy (non-hydrogen) atoms. The number of fused-ring (bicyclic) bond motifs is 3. The molecule has 1 unspecified atom stereocenters. The van der Waals surface area contributed by atoms with Gasteiger partial charge in [-0.1, -0.05) is 49.4 Å². The second-order valence-corrected chi connectivity index (χ2v) is 5.91. The summed E-state index contributed by atoms with van der Waals surface area (Å²) in [7, 11) is 0. The van der Waals surface area contributed by atoms with Crippen LogP contribution in [-0.2, 0) is 11.3 Å².